The zero-order valence-electron chi connectivity index (χ0n) is 8.86. The standard InChI is InChI=1S/C11H15NO2S/c1-8-5-6-15-10(8)3-4-11(14)12-7-9(2)13/h3-6,9,13H,7H2,1-2H3,(H,12,14)/b4-3+/t9-/m1/s1. The van der Waals surface area contributed by atoms with Crippen LogP contribution in [0.4, 0.5) is 0 Å². The molecule has 0 fully saturated rings. The fourth-order valence-corrected chi connectivity index (χ4v) is 1.83. The summed E-state index contributed by atoms with van der Waals surface area (Å²) < 4.78 is 0. The zero-order valence-corrected chi connectivity index (χ0v) is 9.67. The molecule has 2 N–H and O–H groups in total. The molecule has 4 heteroatoms. The number of aryl methyl sites for hydroxylation is 1. The predicted molar refractivity (Wildman–Crippen MR) is 62.8 cm³/mol. The van der Waals surface area contributed by atoms with Crippen molar-refractivity contribution >= 4 is 23.3 Å². The second kappa shape index (κ2) is 5.68. The molecule has 1 aromatic heterocycles. The lowest BCUT2D eigenvalue weighted by molar-refractivity contribution is -0.116. The Bertz CT molecular complexity index is 355. The van der Waals surface area contributed by atoms with Crippen molar-refractivity contribution in [1.29, 1.82) is 0 Å². The third kappa shape index (κ3) is 4.27. The van der Waals surface area contributed by atoms with E-state index < -0.39 is 6.10 Å². The molecule has 82 valence electrons. The minimum Gasteiger partial charge on any atom is -0.392 e. The van der Waals surface area contributed by atoms with Gasteiger partial charge in [-0.1, -0.05) is 0 Å². The predicted octanol–water partition coefficient (Wildman–Crippen LogP) is 1.57. The van der Waals surface area contributed by atoms with Crippen LogP contribution in [-0.4, -0.2) is 23.7 Å². The SMILES string of the molecule is Cc1ccsc1/C=C/C(=O)NC[C@@H](C)O. The van der Waals surface area contributed by atoms with Crippen LogP contribution in [0.2, 0.25) is 0 Å². The number of nitrogens with one attached hydrogen (secondary N) is 1. The molecule has 0 aliphatic heterocycles. The van der Waals surface area contributed by atoms with Crippen molar-refractivity contribution in [3.63, 3.8) is 0 Å². The van der Waals surface area contributed by atoms with Crippen molar-refractivity contribution in [2.45, 2.75) is 20.0 Å². The summed E-state index contributed by atoms with van der Waals surface area (Å²) in [5, 5.41) is 13.5. The molecule has 0 aliphatic carbocycles. The normalized spacial score (nSPS) is 13.0. The van der Waals surface area contributed by atoms with Crippen LogP contribution < -0.4 is 5.32 Å². The topological polar surface area (TPSA) is 49.3 Å². The van der Waals surface area contributed by atoms with Gasteiger partial charge >= 0.3 is 0 Å². The van der Waals surface area contributed by atoms with Gasteiger partial charge in [-0.05, 0) is 36.9 Å². The summed E-state index contributed by atoms with van der Waals surface area (Å²) in [6.07, 6.45) is 2.77. The summed E-state index contributed by atoms with van der Waals surface area (Å²) in [6.45, 7) is 3.92. The molecule has 0 aliphatic rings. The van der Waals surface area contributed by atoms with Crippen LogP contribution in [0.15, 0.2) is 17.5 Å². The molecular formula is C11H15NO2S. The van der Waals surface area contributed by atoms with Crippen LogP contribution in [0.3, 0.4) is 0 Å². The Balaban J connectivity index is 2.44. The van der Waals surface area contributed by atoms with Gasteiger partial charge < -0.3 is 10.4 Å². The van der Waals surface area contributed by atoms with Crippen LogP contribution in [0.25, 0.3) is 6.08 Å². The number of rotatable bonds is 4. The molecule has 1 amide bonds. The number of carbonyl (C=O) groups excluding carboxylic acids is 1. The molecule has 0 unspecified atom stereocenters. The summed E-state index contributed by atoms with van der Waals surface area (Å²) in [5.41, 5.74) is 1.17. The number of hydrogen-bond donors (Lipinski definition) is 2. The van der Waals surface area contributed by atoms with E-state index in [9.17, 15) is 4.79 Å². The maximum Gasteiger partial charge on any atom is 0.244 e. The van der Waals surface area contributed by atoms with Gasteiger partial charge in [0.2, 0.25) is 5.91 Å². The highest BCUT2D eigenvalue weighted by Crippen LogP contribution is 2.16. The van der Waals surface area contributed by atoms with Crippen molar-refractivity contribution in [2.24, 2.45) is 0 Å². The van der Waals surface area contributed by atoms with E-state index in [1.54, 1.807) is 24.3 Å². The first kappa shape index (κ1) is 11.9. The highest BCUT2D eigenvalue weighted by molar-refractivity contribution is 7.11. The number of carbonyl (C=O) groups is 1. The van der Waals surface area contributed by atoms with Crippen molar-refractivity contribution in [2.75, 3.05) is 6.54 Å². The molecule has 0 bridgehead atoms. The fraction of sp³-hybridized carbons (Fsp3) is 0.364. The summed E-state index contributed by atoms with van der Waals surface area (Å²) in [7, 11) is 0. The van der Waals surface area contributed by atoms with E-state index in [1.807, 2.05) is 18.4 Å². The van der Waals surface area contributed by atoms with Crippen molar-refractivity contribution in [3.05, 3.63) is 28.0 Å². The number of thiophene rings is 1. The lowest BCUT2D eigenvalue weighted by Gasteiger charge is -2.03. The fourth-order valence-electron chi connectivity index (χ4n) is 1.01. The van der Waals surface area contributed by atoms with Crippen LogP contribution >= 0.6 is 11.3 Å². The van der Waals surface area contributed by atoms with Crippen LogP contribution in [0.5, 0.6) is 0 Å². The van der Waals surface area contributed by atoms with E-state index in [2.05, 4.69) is 5.32 Å². The smallest absolute Gasteiger partial charge is 0.244 e. The van der Waals surface area contributed by atoms with Gasteiger partial charge in [0.15, 0.2) is 0 Å². The molecular weight excluding hydrogens is 210 g/mol. The third-order valence-corrected chi connectivity index (χ3v) is 2.84. The molecule has 1 aromatic rings. The van der Waals surface area contributed by atoms with E-state index >= 15 is 0 Å². The van der Waals surface area contributed by atoms with Crippen molar-refractivity contribution < 1.29 is 9.90 Å². The molecule has 0 radical (unpaired) electrons. The molecule has 3 nitrogen and oxygen atoms in total. The van der Waals surface area contributed by atoms with Gasteiger partial charge in [-0.3, -0.25) is 4.79 Å². The minimum atomic E-state index is -0.508. The minimum absolute atomic E-state index is 0.177. The average molecular weight is 225 g/mol. The lowest BCUT2D eigenvalue weighted by Crippen LogP contribution is -2.28. The van der Waals surface area contributed by atoms with Crippen molar-refractivity contribution in [3.8, 4) is 0 Å². The van der Waals surface area contributed by atoms with Gasteiger partial charge in [0.05, 0.1) is 6.10 Å². The average Bonchev–Trinajstić information content (AvgIpc) is 2.58. The molecule has 0 saturated carbocycles. The first-order valence-electron chi connectivity index (χ1n) is 4.77. The quantitative estimate of drug-likeness (QED) is 0.764. The molecule has 1 rings (SSSR count). The van der Waals surface area contributed by atoms with Crippen LogP contribution in [0, 0.1) is 6.92 Å². The van der Waals surface area contributed by atoms with Crippen LogP contribution in [-0.2, 0) is 4.79 Å². The van der Waals surface area contributed by atoms with Crippen LogP contribution in [0.1, 0.15) is 17.4 Å². The number of amides is 1. The largest absolute Gasteiger partial charge is 0.392 e. The van der Waals surface area contributed by atoms with E-state index in [-0.39, 0.29) is 12.5 Å². The molecule has 1 heterocycles. The van der Waals surface area contributed by atoms with Gasteiger partial charge in [-0.2, -0.15) is 0 Å². The van der Waals surface area contributed by atoms with Gasteiger partial charge in [-0.25, -0.2) is 0 Å². The van der Waals surface area contributed by atoms with Crippen molar-refractivity contribution in [1.82, 2.24) is 5.32 Å². The Morgan fingerprint density at radius 2 is 2.47 bits per heavy atom. The Morgan fingerprint density at radius 1 is 1.73 bits per heavy atom. The molecule has 15 heavy (non-hydrogen) atoms. The summed E-state index contributed by atoms with van der Waals surface area (Å²) >= 11 is 1.60. The first-order valence-corrected chi connectivity index (χ1v) is 5.65. The number of aliphatic hydroxyl groups is 1. The zero-order chi connectivity index (χ0) is 11.3. The second-order valence-electron chi connectivity index (χ2n) is 3.40. The van der Waals surface area contributed by atoms with Gasteiger partial charge in [0.25, 0.3) is 0 Å². The van der Waals surface area contributed by atoms with E-state index in [4.69, 9.17) is 5.11 Å². The Kier molecular flexibility index (Phi) is 4.52. The summed E-state index contributed by atoms with van der Waals surface area (Å²) in [5.74, 6) is -0.177. The highest BCUT2D eigenvalue weighted by Gasteiger charge is 1.99. The van der Waals surface area contributed by atoms with E-state index in [1.165, 1.54) is 11.6 Å². The summed E-state index contributed by atoms with van der Waals surface area (Å²) in [6, 6.07) is 2.01. The van der Waals surface area contributed by atoms with E-state index in [0.717, 1.165) is 4.88 Å². The summed E-state index contributed by atoms with van der Waals surface area (Å²) in [4.78, 5) is 12.3. The first-order chi connectivity index (χ1) is 7.09. The van der Waals surface area contributed by atoms with Gasteiger partial charge in [0, 0.05) is 17.5 Å². The Hall–Kier alpha value is -1.13. The molecule has 1 atom stereocenters. The number of aliphatic hydroxyl groups excluding tert-OH is 1. The van der Waals surface area contributed by atoms with E-state index in [0.29, 0.717) is 0 Å². The highest BCUT2D eigenvalue weighted by atomic mass is 32.1. The van der Waals surface area contributed by atoms with Gasteiger partial charge in [0.1, 0.15) is 0 Å². The third-order valence-electron chi connectivity index (χ3n) is 1.86. The maximum atomic E-state index is 11.2. The molecule has 0 saturated heterocycles. The lowest BCUT2D eigenvalue weighted by atomic mass is 10.3. The molecule has 0 aromatic carbocycles. The monoisotopic (exact) mass is 225 g/mol. The Morgan fingerprint density at radius 3 is 3.00 bits per heavy atom. The second-order valence-corrected chi connectivity index (χ2v) is 4.34. The van der Waals surface area contributed by atoms with Gasteiger partial charge in [-0.15, -0.1) is 11.3 Å². The maximum absolute atomic E-state index is 11.2. The Labute approximate surface area is 93.4 Å². The molecule has 0 spiro atoms. The number of hydrogen-bond acceptors (Lipinski definition) is 3.